The summed E-state index contributed by atoms with van der Waals surface area (Å²) in [6, 6.07) is 7.06. The van der Waals surface area contributed by atoms with Crippen molar-refractivity contribution in [1.82, 2.24) is 10.1 Å². The zero-order valence-electron chi connectivity index (χ0n) is 14.6. The highest BCUT2D eigenvalue weighted by molar-refractivity contribution is 8.09. The van der Waals surface area contributed by atoms with Gasteiger partial charge in [0.05, 0.1) is 7.11 Å². The van der Waals surface area contributed by atoms with Crippen LogP contribution in [-0.2, 0) is 37.0 Å². The third-order valence-corrected chi connectivity index (χ3v) is 5.93. The molecule has 2 aromatic rings. The number of esters is 1. The highest BCUT2D eigenvalue weighted by atomic mass is 32.5. The maximum absolute atomic E-state index is 12.3. The van der Waals surface area contributed by atoms with Gasteiger partial charge in [-0.15, -0.1) is 0 Å². The van der Waals surface area contributed by atoms with E-state index in [1.165, 1.54) is 7.11 Å². The summed E-state index contributed by atoms with van der Waals surface area (Å²) in [5.41, 5.74) is 3.05. The van der Waals surface area contributed by atoms with Crippen LogP contribution < -0.4 is 5.09 Å². The molecule has 10 heteroatoms. The van der Waals surface area contributed by atoms with E-state index >= 15 is 0 Å². The van der Waals surface area contributed by atoms with E-state index in [-0.39, 0.29) is 0 Å². The van der Waals surface area contributed by atoms with Crippen LogP contribution >= 0.6 is 6.64 Å². The maximum atomic E-state index is 12.3. The van der Waals surface area contributed by atoms with Crippen molar-refractivity contribution in [2.24, 2.45) is 10.3 Å². The number of methoxy groups -OCH3 is 1. The number of hydrogen-bond donors (Lipinski definition) is 2. The number of oxime groups is 2. The summed E-state index contributed by atoms with van der Waals surface area (Å²) in [5.74, 6) is -0.475. The Morgan fingerprint density at radius 1 is 1.31 bits per heavy atom. The van der Waals surface area contributed by atoms with E-state index in [2.05, 4.69) is 20.4 Å². The molecule has 1 unspecified atom stereocenters. The van der Waals surface area contributed by atoms with E-state index in [0.29, 0.717) is 17.8 Å². The Hall–Kier alpha value is -2.22. The molecule has 2 heterocycles. The minimum atomic E-state index is -3.14. The van der Waals surface area contributed by atoms with Gasteiger partial charge in [-0.1, -0.05) is 28.5 Å². The van der Waals surface area contributed by atoms with Gasteiger partial charge in [0.1, 0.15) is 17.5 Å². The predicted molar refractivity (Wildman–Crippen MR) is 104 cm³/mol. The molecule has 0 amide bonds. The van der Waals surface area contributed by atoms with Crippen molar-refractivity contribution in [3.05, 3.63) is 36.0 Å². The summed E-state index contributed by atoms with van der Waals surface area (Å²) in [4.78, 5) is 15.5. The first kappa shape index (κ1) is 18.6. The largest absolute Gasteiger partial charge is 0.468 e. The van der Waals surface area contributed by atoms with Crippen LogP contribution in [0.15, 0.2) is 40.8 Å². The van der Waals surface area contributed by atoms with Gasteiger partial charge >= 0.3 is 12.6 Å². The van der Waals surface area contributed by atoms with Crippen molar-refractivity contribution in [2.75, 3.05) is 7.11 Å². The number of benzene rings is 1. The van der Waals surface area contributed by atoms with E-state index in [1.54, 1.807) is 13.8 Å². The van der Waals surface area contributed by atoms with E-state index in [9.17, 15) is 4.79 Å². The van der Waals surface area contributed by atoms with Crippen molar-refractivity contribution >= 4 is 46.7 Å². The SMILES string of the molecule is COC(=O)C(Cc1c[nH]c2ccccc12)NP1(=S)ON=C(C)C(C)=NO1. The number of ether oxygens (including phenoxy) is 1. The van der Waals surface area contributed by atoms with Crippen LogP contribution in [0.3, 0.4) is 0 Å². The van der Waals surface area contributed by atoms with Crippen LogP contribution in [0.25, 0.3) is 10.9 Å². The van der Waals surface area contributed by atoms with Crippen molar-refractivity contribution < 1.29 is 18.8 Å². The fourth-order valence-corrected chi connectivity index (χ4v) is 4.20. The van der Waals surface area contributed by atoms with Crippen molar-refractivity contribution in [3.63, 3.8) is 0 Å². The number of hydrogen-bond acceptors (Lipinski definition) is 7. The molecule has 1 aliphatic rings. The minimum Gasteiger partial charge on any atom is -0.468 e. The van der Waals surface area contributed by atoms with Crippen LogP contribution in [0.4, 0.5) is 0 Å². The number of nitrogens with one attached hydrogen (secondary N) is 2. The molecule has 0 spiro atoms. The number of H-pyrrole nitrogens is 1. The van der Waals surface area contributed by atoms with Gasteiger partial charge in [0.15, 0.2) is 0 Å². The third-order valence-electron chi connectivity index (χ3n) is 3.99. The number of aromatic amines is 1. The highest BCUT2D eigenvalue weighted by Gasteiger charge is 2.33. The average Bonchev–Trinajstić information content (AvgIpc) is 3.00. The second-order valence-electron chi connectivity index (χ2n) is 5.78. The van der Waals surface area contributed by atoms with Gasteiger partial charge in [-0.05, 0) is 25.5 Å². The molecule has 1 aromatic heterocycles. The molecular weight excluding hydrogens is 375 g/mol. The third kappa shape index (κ3) is 3.95. The van der Waals surface area contributed by atoms with Crippen LogP contribution in [0, 0.1) is 0 Å². The van der Waals surface area contributed by atoms with Crippen molar-refractivity contribution in [2.45, 2.75) is 26.3 Å². The van der Waals surface area contributed by atoms with Crippen LogP contribution in [0.2, 0.25) is 0 Å². The van der Waals surface area contributed by atoms with E-state index in [4.69, 9.17) is 25.8 Å². The standard InChI is InChI=1S/C16H19N4O4PS/c1-10-11(2)19-24-25(26,23-18-10)20-15(16(21)22-3)8-12-9-17-14-7-5-4-6-13(12)14/h4-7,9,15,17H,8H2,1-3H3,(H,20,26). The maximum Gasteiger partial charge on any atom is 0.408 e. The zero-order chi connectivity index (χ0) is 18.7. The molecule has 2 N–H and O–H groups in total. The Morgan fingerprint density at radius 2 is 1.96 bits per heavy atom. The van der Waals surface area contributed by atoms with Gasteiger partial charge in [-0.3, -0.25) is 4.79 Å². The molecule has 0 fully saturated rings. The number of carbonyl (C=O) groups is 1. The summed E-state index contributed by atoms with van der Waals surface area (Å²) in [6.45, 7) is 0.330. The first-order chi connectivity index (χ1) is 12.4. The summed E-state index contributed by atoms with van der Waals surface area (Å²) in [6.07, 6.45) is 2.20. The van der Waals surface area contributed by atoms with Crippen LogP contribution in [0.5, 0.6) is 0 Å². The molecule has 0 aliphatic carbocycles. The van der Waals surface area contributed by atoms with Crippen LogP contribution in [0.1, 0.15) is 19.4 Å². The van der Waals surface area contributed by atoms with Crippen molar-refractivity contribution in [1.29, 1.82) is 0 Å². The molecule has 3 rings (SSSR count). The average molecular weight is 394 g/mol. The Kier molecular flexibility index (Phi) is 5.41. The molecular formula is C16H19N4O4PS. The summed E-state index contributed by atoms with van der Waals surface area (Å²) in [7, 11) is 1.32. The van der Waals surface area contributed by atoms with E-state index < -0.39 is 18.7 Å². The fraction of sp³-hybridized carbons (Fsp3) is 0.312. The number of para-hydroxylation sites is 1. The van der Waals surface area contributed by atoms with Gasteiger partial charge < -0.3 is 19.0 Å². The molecule has 1 aliphatic heterocycles. The second-order valence-corrected chi connectivity index (χ2v) is 8.80. The lowest BCUT2D eigenvalue weighted by atomic mass is 10.1. The Bertz CT molecular complexity index is 915. The highest BCUT2D eigenvalue weighted by Crippen LogP contribution is 2.46. The zero-order valence-corrected chi connectivity index (χ0v) is 16.3. The normalized spacial score (nSPS) is 17.3. The predicted octanol–water partition coefficient (Wildman–Crippen LogP) is 2.86. The van der Waals surface area contributed by atoms with Crippen LogP contribution in [-0.4, -0.2) is 35.5 Å². The number of rotatable bonds is 5. The molecule has 0 saturated heterocycles. The van der Waals surface area contributed by atoms with Gasteiger partial charge in [0, 0.05) is 35.3 Å². The number of nitrogens with zero attached hydrogens (tertiary/aromatic N) is 2. The Labute approximate surface area is 155 Å². The molecule has 0 saturated carbocycles. The fourth-order valence-electron chi connectivity index (χ4n) is 2.46. The van der Waals surface area contributed by atoms with Crippen molar-refractivity contribution in [3.8, 4) is 0 Å². The number of fused-ring (bicyclic) bond motifs is 1. The lowest BCUT2D eigenvalue weighted by Gasteiger charge is -2.22. The smallest absolute Gasteiger partial charge is 0.408 e. The lowest BCUT2D eigenvalue weighted by molar-refractivity contribution is -0.142. The Balaban J connectivity index is 1.85. The molecule has 138 valence electrons. The number of aromatic nitrogens is 1. The molecule has 1 atom stereocenters. The summed E-state index contributed by atoms with van der Waals surface area (Å²) < 4.78 is 15.6. The topological polar surface area (TPSA) is 97.3 Å². The van der Waals surface area contributed by atoms with Gasteiger partial charge in [0.25, 0.3) is 0 Å². The molecule has 1 aromatic carbocycles. The van der Waals surface area contributed by atoms with E-state index in [0.717, 1.165) is 16.5 Å². The second kappa shape index (κ2) is 7.57. The molecule has 0 bridgehead atoms. The van der Waals surface area contributed by atoms with Gasteiger partial charge in [-0.2, -0.15) is 0 Å². The van der Waals surface area contributed by atoms with Gasteiger partial charge in [-0.25, -0.2) is 5.09 Å². The van der Waals surface area contributed by atoms with Gasteiger partial charge in [0.2, 0.25) is 0 Å². The molecule has 8 nitrogen and oxygen atoms in total. The first-order valence-corrected chi connectivity index (χ1v) is 10.5. The molecule has 0 radical (unpaired) electrons. The quantitative estimate of drug-likeness (QED) is 0.598. The molecule has 26 heavy (non-hydrogen) atoms. The number of carbonyl (C=O) groups excluding carboxylic acids is 1. The minimum absolute atomic E-state index is 0.340. The lowest BCUT2D eigenvalue weighted by Crippen LogP contribution is -2.37. The Morgan fingerprint density at radius 3 is 2.62 bits per heavy atom. The first-order valence-electron chi connectivity index (χ1n) is 7.89. The van der Waals surface area contributed by atoms with E-state index in [1.807, 2.05) is 30.5 Å². The summed E-state index contributed by atoms with van der Waals surface area (Å²) >= 11 is 5.41. The monoisotopic (exact) mass is 394 g/mol. The summed E-state index contributed by atoms with van der Waals surface area (Å²) in [5, 5.41) is 11.8.